The van der Waals surface area contributed by atoms with E-state index in [0.717, 1.165) is 0 Å². The largest absolute Gasteiger partial charge is 0.469 e. The molecule has 0 radical (unpaired) electrons. The lowest BCUT2D eigenvalue weighted by molar-refractivity contribution is -0.354. The molecular weight excluding hydrogens is 399 g/mol. The van der Waals surface area contributed by atoms with Crippen molar-refractivity contribution in [3.63, 3.8) is 0 Å². The number of aliphatic hydroxyl groups excluding tert-OH is 7. The lowest BCUT2D eigenvalue weighted by Gasteiger charge is -2.45. The molecule has 27 heavy (non-hydrogen) atoms. The molecular formula is C12H23O14P. The van der Waals surface area contributed by atoms with Crippen LogP contribution in [0.25, 0.3) is 0 Å². The summed E-state index contributed by atoms with van der Waals surface area (Å²) in [6.07, 6.45) is -17.1. The number of phosphoric ester groups is 1. The average Bonchev–Trinajstić information content (AvgIpc) is 2.60. The summed E-state index contributed by atoms with van der Waals surface area (Å²) in [4.78, 5) is 17.4. The molecule has 160 valence electrons. The fraction of sp³-hybridized carbons (Fsp3) is 1.00. The van der Waals surface area contributed by atoms with Gasteiger partial charge < -0.3 is 59.7 Å². The molecule has 0 aromatic carbocycles. The van der Waals surface area contributed by atoms with Gasteiger partial charge in [-0.2, -0.15) is 0 Å². The van der Waals surface area contributed by atoms with E-state index in [9.17, 15) is 40.3 Å². The quantitative estimate of drug-likeness (QED) is 0.182. The fourth-order valence-electron chi connectivity index (χ4n) is 2.73. The Kier molecular flexibility index (Phi) is 7.68. The van der Waals surface area contributed by atoms with Gasteiger partial charge in [-0.3, -0.25) is 4.52 Å². The Balaban J connectivity index is 2.11. The molecule has 14 nitrogen and oxygen atoms in total. The molecule has 0 aliphatic carbocycles. The van der Waals surface area contributed by atoms with E-state index in [4.69, 9.17) is 24.0 Å². The van der Waals surface area contributed by atoms with Crippen LogP contribution in [0.15, 0.2) is 0 Å². The molecule has 2 rings (SSSR count). The molecule has 0 unspecified atom stereocenters. The topological polar surface area (TPSA) is 236 Å². The number of aliphatic hydroxyl groups is 7. The summed E-state index contributed by atoms with van der Waals surface area (Å²) in [6.45, 7) is -1.63. The Morgan fingerprint density at radius 1 is 0.815 bits per heavy atom. The molecule has 10 atom stereocenters. The zero-order valence-corrected chi connectivity index (χ0v) is 14.6. The van der Waals surface area contributed by atoms with Crippen LogP contribution < -0.4 is 0 Å². The minimum absolute atomic E-state index is 0.760. The van der Waals surface area contributed by atoms with Crippen LogP contribution in [0.2, 0.25) is 0 Å². The van der Waals surface area contributed by atoms with E-state index in [1.54, 1.807) is 0 Å². The molecule has 15 heteroatoms. The van der Waals surface area contributed by atoms with Crippen LogP contribution in [0.4, 0.5) is 0 Å². The van der Waals surface area contributed by atoms with Crippen LogP contribution in [0.1, 0.15) is 0 Å². The molecule has 2 saturated heterocycles. The van der Waals surface area contributed by atoms with Gasteiger partial charge in [-0.25, -0.2) is 4.57 Å². The third-order valence-electron chi connectivity index (χ3n) is 4.21. The zero-order chi connectivity index (χ0) is 20.5. The molecule has 2 heterocycles. The molecule has 0 bridgehead atoms. The van der Waals surface area contributed by atoms with Crippen molar-refractivity contribution in [2.24, 2.45) is 0 Å². The summed E-state index contributed by atoms with van der Waals surface area (Å²) < 4.78 is 30.3. The summed E-state index contributed by atoms with van der Waals surface area (Å²) in [7, 11) is -4.92. The Labute approximate surface area is 152 Å². The van der Waals surface area contributed by atoms with Gasteiger partial charge in [0, 0.05) is 0 Å². The van der Waals surface area contributed by atoms with Crippen LogP contribution in [0.3, 0.4) is 0 Å². The molecule has 2 aliphatic heterocycles. The highest BCUT2D eigenvalue weighted by Gasteiger charge is 2.50. The summed E-state index contributed by atoms with van der Waals surface area (Å²) in [6, 6.07) is 0. The monoisotopic (exact) mass is 422 g/mol. The second kappa shape index (κ2) is 9.02. The highest BCUT2D eigenvalue weighted by atomic mass is 31.2. The maximum Gasteiger partial charge on any atom is 0.469 e. The Bertz CT molecular complexity index is 526. The van der Waals surface area contributed by atoms with Crippen molar-refractivity contribution in [1.29, 1.82) is 0 Å². The SMILES string of the molecule is O=P(O)(O)OC[C@H]1O[C@H](O[C@H]2[C@H](O)[C@@H](O)[C@@H](O)O[C@@H]2CO)[C@H](O)[C@@H](O)[C@@H]1O. The van der Waals surface area contributed by atoms with Crippen LogP contribution in [-0.2, 0) is 23.3 Å². The van der Waals surface area contributed by atoms with Crippen molar-refractivity contribution in [3.8, 4) is 0 Å². The van der Waals surface area contributed by atoms with Crippen LogP contribution >= 0.6 is 7.82 Å². The number of hydrogen-bond donors (Lipinski definition) is 9. The minimum Gasteiger partial charge on any atom is -0.394 e. The van der Waals surface area contributed by atoms with Crippen molar-refractivity contribution in [3.05, 3.63) is 0 Å². The first-order valence-corrected chi connectivity index (χ1v) is 9.35. The molecule has 0 aromatic rings. The number of rotatable bonds is 6. The van der Waals surface area contributed by atoms with E-state index in [1.165, 1.54) is 0 Å². The van der Waals surface area contributed by atoms with Gasteiger partial charge in [0.05, 0.1) is 13.2 Å². The van der Waals surface area contributed by atoms with Gasteiger partial charge in [-0.05, 0) is 0 Å². The molecule has 0 spiro atoms. The van der Waals surface area contributed by atoms with Crippen molar-refractivity contribution < 1.29 is 68.8 Å². The number of hydrogen-bond acceptors (Lipinski definition) is 12. The first kappa shape index (κ1) is 23.0. The zero-order valence-electron chi connectivity index (χ0n) is 13.7. The first-order chi connectivity index (χ1) is 12.5. The maximum absolute atomic E-state index is 10.8. The second-order valence-electron chi connectivity index (χ2n) is 6.13. The van der Waals surface area contributed by atoms with Gasteiger partial charge in [0.25, 0.3) is 0 Å². The van der Waals surface area contributed by atoms with Crippen LogP contribution in [0.5, 0.6) is 0 Å². The molecule has 0 amide bonds. The molecule has 0 aromatic heterocycles. The lowest BCUT2D eigenvalue weighted by Crippen LogP contribution is -2.64. The molecule has 0 saturated carbocycles. The van der Waals surface area contributed by atoms with Crippen molar-refractivity contribution >= 4 is 7.82 Å². The van der Waals surface area contributed by atoms with E-state index in [-0.39, 0.29) is 0 Å². The number of phosphoric acid groups is 1. The van der Waals surface area contributed by atoms with Gasteiger partial charge in [0.15, 0.2) is 12.6 Å². The maximum atomic E-state index is 10.8. The van der Waals surface area contributed by atoms with Gasteiger partial charge >= 0.3 is 7.82 Å². The molecule has 9 N–H and O–H groups in total. The average molecular weight is 422 g/mol. The normalized spacial score (nSPS) is 46.4. The van der Waals surface area contributed by atoms with Crippen molar-refractivity contribution in [2.45, 2.75) is 61.4 Å². The summed E-state index contributed by atoms with van der Waals surface area (Å²) in [5, 5.41) is 68.1. The first-order valence-electron chi connectivity index (χ1n) is 7.82. The predicted molar refractivity (Wildman–Crippen MR) is 79.5 cm³/mol. The summed E-state index contributed by atoms with van der Waals surface area (Å²) in [5.74, 6) is 0. The van der Waals surface area contributed by atoms with E-state index >= 15 is 0 Å². The Morgan fingerprint density at radius 3 is 2.00 bits per heavy atom. The second-order valence-corrected chi connectivity index (χ2v) is 7.37. The van der Waals surface area contributed by atoms with Crippen molar-refractivity contribution in [2.75, 3.05) is 13.2 Å². The Hall–Kier alpha value is -0.290. The number of ether oxygens (including phenoxy) is 3. The van der Waals surface area contributed by atoms with Gasteiger partial charge in [-0.1, -0.05) is 0 Å². The smallest absolute Gasteiger partial charge is 0.394 e. The van der Waals surface area contributed by atoms with E-state index < -0.39 is 82.4 Å². The fourth-order valence-corrected chi connectivity index (χ4v) is 3.07. The van der Waals surface area contributed by atoms with Gasteiger partial charge in [0.1, 0.15) is 48.8 Å². The minimum atomic E-state index is -4.92. The summed E-state index contributed by atoms with van der Waals surface area (Å²) in [5.41, 5.74) is 0. The third-order valence-corrected chi connectivity index (χ3v) is 4.69. The van der Waals surface area contributed by atoms with E-state index in [2.05, 4.69) is 4.52 Å². The third kappa shape index (κ3) is 5.41. The van der Waals surface area contributed by atoms with Crippen LogP contribution in [-0.4, -0.2) is 120 Å². The van der Waals surface area contributed by atoms with E-state index in [0.29, 0.717) is 0 Å². The predicted octanol–water partition coefficient (Wildman–Crippen LogP) is -5.28. The van der Waals surface area contributed by atoms with Crippen molar-refractivity contribution in [1.82, 2.24) is 0 Å². The highest BCUT2D eigenvalue weighted by Crippen LogP contribution is 2.37. The van der Waals surface area contributed by atoms with Gasteiger partial charge in [0.2, 0.25) is 0 Å². The summed E-state index contributed by atoms with van der Waals surface area (Å²) >= 11 is 0. The van der Waals surface area contributed by atoms with Gasteiger partial charge in [-0.15, -0.1) is 0 Å². The van der Waals surface area contributed by atoms with E-state index in [1.807, 2.05) is 0 Å². The lowest BCUT2D eigenvalue weighted by atomic mass is 9.97. The Morgan fingerprint density at radius 2 is 1.44 bits per heavy atom. The molecule has 2 fully saturated rings. The standard InChI is InChI=1S/C12H23O14P/c13-1-3-10(7(16)8(17)11(19)24-3)26-12-9(18)6(15)5(14)4(25-12)2-23-27(20,21)22/h3-19H,1-2H2,(H2,20,21,22)/t3-,4-,5-,6+,7-,8-,9-,10-,11+,12-/m1/s1. The molecule has 2 aliphatic rings. The highest BCUT2D eigenvalue weighted by molar-refractivity contribution is 7.46. The van der Waals surface area contributed by atoms with Crippen LogP contribution in [0, 0.1) is 0 Å².